The summed E-state index contributed by atoms with van der Waals surface area (Å²) in [6.07, 6.45) is 0.144. The van der Waals surface area contributed by atoms with E-state index in [9.17, 15) is 13.2 Å². The van der Waals surface area contributed by atoms with E-state index >= 15 is 0 Å². The maximum absolute atomic E-state index is 12.3. The van der Waals surface area contributed by atoms with E-state index < -0.39 is 15.6 Å². The van der Waals surface area contributed by atoms with Crippen LogP contribution in [0.15, 0.2) is 53.4 Å². The second kappa shape index (κ2) is 6.22. The van der Waals surface area contributed by atoms with Gasteiger partial charge in [0.25, 0.3) is 0 Å². The van der Waals surface area contributed by atoms with Crippen LogP contribution in [-0.4, -0.2) is 20.0 Å². The van der Waals surface area contributed by atoms with Gasteiger partial charge in [0.1, 0.15) is 5.75 Å². The summed E-state index contributed by atoms with van der Waals surface area (Å²) in [6, 6.07) is 14.1. The molecule has 0 unspecified atom stereocenters. The van der Waals surface area contributed by atoms with Crippen molar-refractivity contribution in [3.63, 3.8) is 0 Å². The Labute approximate surface area is 125 Å². The van der Waals surface area contributed by atoms with Gasteiger partial charge in [-0.2, -0.15) is 0 Å². The van der Waals surface area contributed by atoms with Crippen LogP contribution in [0.3, 0.4) is 0 Å². The van der Waals surface area contributed by atoms with Gasteiger partial charge in [0.2, 0.25) is 0 Å². The lowest BCUT2D eigenvalue weighted by Gasteiger charge is -2.07. The molecule has 2 rings (SSSR count). The molecule has 3 nitrogen and oxygen atoms in total. The van der Waals surface area contributed by atoms with Crippen molar-refractivity contribution in [1.82, 2.24) is 0 Å². The van der Waals surface area contributed by atoms with Crippen molar-refractivity contribution >= 4 is 15.6 Å². The van der Waals surface area contributed by atoms with E-state index in [-0.39, 0.29) is 17.1 Å². The summed E-state index contributed by atoms with van der Waals surface area (Å²) in [5.74, 6) is -0.746. The highest BCUT2D eigenvalue weighted by Gasteiger charge is 2.19. The Balaban J connectivity index is 2.13. The highest BCUT2D eigenvalue weighted by atomic mass is 32.2. The predicted molar refractivity (Wildman–Crippen MR) is 83.1 cm³/mol. The molecule has 21 heavy (non-hydrogen) atoms. The molecule has 0 fully saturated rings. The SMILES string of the molecule is Cc1ccc(S(=O)(=O)CC(=O)Cc2ccccc2)cc1C. The first kappa shape index (κ1) is 15.4. The molecule has 0 aliphatic rings. The van der Waals surface area contributed by atoms with Gasteiger partial charge in [0.15, 0.2) is 15.6 Å². The van der Waals surface area contributed by atoms with Crippen LogP contribution in [-0.2, 0) is 21.1 Å². The lowest BCUT2D eigenvalue weighted by molar-refractivity contribution is -0.116. The largest absolute Gasteiger partial charge is 0.298 e. The van der Waals surface area contributed by atoms with Crippen molar-refractivity contribution in [3.05, 3.63) is 65.2 Å². The van der Waals surface area contributed by atoms with Crippen molar-refractivity contribution in [1.29, 1.82) is 0 Å². The standard InChI is InChI=1S/C17H18O3S/c1-13-8-9-17(10-14(13)2)21(19,20)12-16(18)11-15-6-4-3-5-7-15/h3-10H,11-12H2,1-2H3. The summed E-state index contributed by atoms with van der Waals surface area (Å²) in [6.45, 7) is 3.78. The summed E-state index contributed by atoms with van der Waals surface area (Å²) in [5.41, 5.74) is 2.77. The van der Waals surface area contributed by atoms with Crippen LogP contribution in [0, 0.1) is 13.8 Å². The quantitative estimate of drug-likeness (QED) is 0.853. The fourth-order valence-corrected chi connectivity index (χ4v) is 3.40. The Morgan fingerprint density at radius 1 is 0.952 bits per heavy atom. The third-order valence-corrected chi connectivity index (χ3v) is 5.11. The number of carbonyl (C=O) groups excluding carboxylic acids is 1. The Morgan fingerprint density at radius 2 is 1.62 bits per heavy atom. The Hall–Kier alpha value is -1.94. The second-order valence-corrected chi connectivity index (χ2v) is 7.20. The molecule has 0 aliphatic heterocycles. The first-order valence-corrected chi connectivity index (χ1v) is 8.39. The number of sulfone groups is 1. The predicted octanol–water partition coefficient (Wildman–Crippen LogP) is 2.89. The third kappa shape index (κ3) is 4.02. The molecule has 0 spiro atoms. The number of hydrogen-bond acceptors (Lipinski definition) is 3. The highest BCUT2D eigenvalue weighted by molar-refractivity contribution is 7.92. The summed E-state index contributed by atoms with van der Waals surface area (Å²) >= 11 is 0. The summed E-state index contributed by atoms with van der Waals surface area (Å²) in [4.78, 5) is 12.2. The van der Waals surface area contributed by atoms with Crippen LogP contribution in [0.2, 0.25) is 0 Å². The van der Waals surface area contributed by atoms with Crippen molar-refractivity contribution in [2.24, 2.45) is 0 Å². The molecule has 4 heteroatoms. The molecule has 0 bridgehead atoms. The van der Waals surface area contributed by atoms with E-state index in [0.29, 0.717) is 0 Å². The average molecular weight is 302 g/mol. The molecular weight excluding hydrogens is 284 g/mol. The number of aryl methyl sites for hydroxylation is 2. The summed E-state index contributed by atoms with van der Waals surface area (Å²) in [7, 11) is -3.57. The van der Waals surface area contributed by atoms with Gasteiger partial charge in [-0.25, -0.2) is 8.42 Å². The molecule has 0 heterocycles. The van der Waals surface area contributed by atoms with Crippen LogP contribution in [0.5, 0.6) is 0 Å². The zero-order chi connectivity index (χ0) is 15.5. The molecule has 0 aliphatic carbocycles. The number of carbonyl (C=O) groups is 1. The van der Waals surface area contributed by atoms with Gasteiger partial charge in [-0.1, -0.05) is 36.4 Å². The molecule has 0 saturated carbocycles. The monoisotopic (exact) mass is 302 g/mol. The molecule has 0 saturated heterocycles. The van der Waals surface area contributed by atoms with E-state index in [4.69, 9.17) is 0 Å². The maximum Gasteiger partial charge on any atom is 0.185 e. The first-order chi connectivity index (χ1) is 9.88. The zero-order valence-electron chi connectivity index (χ0n) is 12.2. The Morgan fingerprint density at radius 3 is 2.24 bits per heavy atom. The van der Waals surface area contributed by atoms with Gasteiger partial charge in [0.05, 0.1) is 4.90 Å². The molecule has 0 aromatic heterocycles. The van der Waals surface area contributed by atoms with Crippen molar-refractivity contribution in [2.45, 2.75) is 25.2 Å². The fourth-order valence-electron chi connectivity index (χ4n) is 2.08. The summed E-state index contributed by atoms with van der Waals surface area (Å²) in [5, 5.41) is 0. The minimum absolute atomic E-state index is 0.144. The molecule has 2 aromatic rings. The topological polar surface area (TPSA) is 51.2 Å². The first-order valence-electron chi connectivity index (χ1n) is 6.74. The third-order valence-electron chi connectivity index (χ3n) is 3.43. The van der Waals surface area contributed by atoms with Gasteiger partial charge in [-0.15, -0.1) is 0 Å². The van der Waals surface area contributed by atoms with Crippen LogP contribution < -0.4 is 0 Å². The van der Waals surface area contributed by atoms with Gasteiger partial charge in [-0.05, 0) is 42.7 Å². The van der Waals surface area contributed by atoms with Crippen molar-refractivity contribution in [3.8, 4) is 0 Å². The Bertz CT molecular complexity index is 747. The maximum atomic E-state index is 12.3. The van der Waals surface area contributed by atoms with E-state index in [1.807, 2.05) is 44.2 Å². The number of rotatable bonds is 5. The normalized spacial score (nSPS) is 11.3. The number of Topliss-reactive ketones (excluding diaryl/α,β-unsaturated/α-hetero) is 1. The van der Waals surface area contributed by atoms with E-state index in [2.05, 4.69) is 0 Å². The smallest absolute Gasteiger partial charge is 0.185 e. The van der Waals surface area contributed by atoms with Crippen LogP contribution >= 0.6 is 0 Å². The zero-order valence-corrected chi connectivity index (χ0v) is 13.0. The minimum atomic E-state index is -3.57. The van der Waals surface area contributed by atoms with Gasteiger partial charge < -0.3 is 0 Å². The molecule has 2 aromatic carbocycles. The molecular formula is C17H18O3S. The van der Waals surface area contributed by atoms with Gasteiger partial charge in [0, 0.05) is 6.42 Å². The van der Waals surface area contributed by atoms with E-state index in [1.165, 1.54) is 0 Å². The number of benzene rings is 2. The van der Waals surface area contributed by atoms with E-state index in [0.717, 1.165) is 16.7 Å². The van der Waals surface area contributed by atoms with Crippen LogP contribution in [0.25, 0.3) is 0 Å². The number of ketones is 1. The lowest BCUT2D eigenvalue weighted by Crippen LogP contribution is -2.18. The highest BCUT2D eigenvalue weighted by Crippen LogP contribution is 2.16. The molecule has 0 atom stereocenters. The summed E-state index contributed by atoms with van der Waals surface area (Å²) < 4.78 is 24.6. The fraction of sp³-hybridized carbons (Fsp3) is 0.235. The second-order valence-electron chi connectivity index (χ2n) is 5.21. The van der Waals surface area contributed by atoms with Crippen molar-refractivity contribution in [2.75, 3.05) is 5.75 Å². The Kier molecular flexibility index (Phi) is 4.58. The molecule has 0 N–H and O–H groups in total. The van der Waals surface area contributed by atoms with Gasteiger partial charge in [-0.3, -0.25) is 4.79 Å². The van der Waals surface area contributed by atoms with Gasteiger partial charge >= 0.3 is 0 Å². The number of hydrogen-bond donors (Lipinski definition) is 0. The van der Waals surface area contributed by atoms with Crippen molar-refractivity contribution < 1.29 is 13.2 Å². The average Bonchev–Trinajstić information content (AvgIpc) is 2.42. The lowest BCUT2D eigenvalue weighted by atomic mass is 10.1. The molecule has 0 radical (unpaired) electrons. The van der Waals surface area contributed by atoms with Crippen LogP contribution in [0.1, 0.15) is 16.7 Å². The molecule has 0 amide bonds. The minimum Gasteiger partial charge on any atom is -0.298 e. The van der Waals surface area contributed by atoms with E-state index in [1.54, 1.807) is 18.2 Å². The molecule has 110 valence electrons. The van der Waals surface area contributed by atoms with Crippen LogP contribution in [0.4, 0.5) is 0 Å².